The number of methoxy groups -OCH3 is 1. The number of ether oxygens (including phenoxy) is 1. The van der Waals surface area contributed by atoms with Gasteiger partial charge in [-0.1, -0.05) is 0 Å². The Morgan fingerprint density at radius 2 is 2.10 bits per heavy atom. The van der Waals surface area contributed by atoms with Crippen LogP contribution in [0.5, 0.6) is 0 Å². The molecule has 116 valence electrons. The Bertz CT molecular complexity index is 540. The van der Waals surface area contributed by atoms with E-state index in [1.807, 2.05) is 11.9 Å². The van der Waals surface area contributed by atoms with Crippen molar-refractivity contribution in [2.24, 2.45) is 7.05 Å². The van der Waals surface area contributed by atoms with Crippen LogP contribution in [0.4, 0.5) is 5.82 Å². The van der Waals surface area contributed by atoms with Crippen LogP contribution in [0.15, 0.2) is 4.90 Å². The third-order valence-corrected chi connectivity index (χ3v) is 4.66. The first kappa shape index (κ1) is 16.9. The number of nitrogen functional groups attached to an aromatic ring is 1. The third kappa shape index (κ3) is 4.17. The summed E-state index contributed by atoms with van der Waals surface area (Å²) in [6.45, 7) is 3.91. The Kier molecular flexibility index (Phi) is 5.93. The molecule has 0 aromatic carbocycles. The lowest BCUT2D eigenvalue weighted by molar-refractivity contribution is 0.162. The lowest BCUT2D eigenvalue weighted by atomic mass is 10.5. The molecule has 0 saturated heterocycles. The molecule has 0 amide bonds. The molecule has 9 heteroatoms. The maximum atomic E-state index is 12.2. The number of rotatable bonds is 8. The van der Waals surface area contributed by atoms with Crippen molar-refractivity contribution in [2.75, 3.05) is 46.1 Å². The second kappa shape index (κ2) is 7.02. The van der Waals surface area contributed by atoms with Crippen LogP contribution in [0.1, 0.15) is 5.69 Å². The summed E-state index contributed by atoms with van der Waals surface area (Å²) in [6, 6.07) is 0. The van der Waals surface area contributed by atoms with E-state index >= 15 is 0 Å². The van der Waals surface area contributed by atoms with E-state index in [0.29, 0.717) is 25.4 Å². The molecule has 1 aromatic rings. The smallest absolute Gasteiger partial charge is 0.246 e. The molecule has 20 heavy (non-hydrogen) atoms. The molecule has 0 fully saturated rings. The minimum Gasteiger partial charge on any atom is -0.383 e. The van der Waals surface area contributed by atoms with Crippen molar-refractivity contribution in [1.82, 2.24) is 19.4 Å². The van der Waals surface area contributed by atoms with Crippen LogP contribution in [0, 0.1) is 6.92 Å². The van der Waals surface area contributed by atoms with Crippen LogP contribution in [-0.2, 0) is 21.8 Å². The fourth-order valence-electron chi connectivity index (χ4n) is 1.75. The zero-order valence-electron chi connectivity index (χ0n) is 12.4. The molecule has 3 N–H and O–H groups in total. The van der Waals surface area contributed by atoms with Crippen molar-refractivity contribution >= 4 is 15.8 Å². The van der Waals surface area contributed by atoms with Gasteiger partial charge < -0.3 is 15.4 Å². The van der Waals surface area contributed by atoms with Crippen molar-refractivity contribution < 1.29 is 13.2 Å². The van der Waals surface area contributed by atoms with E-state index in [2.05, 4.69) is 9.82 Å². The van der Waals surface area contributed by atoms with Crippen LogP contribution in [0.25, 0.3) is 0 Å². The van der Waals surface area contributed by atoms with Gasteiger partial charge in [-0.05, 0) is 14.0 Å². The zero-order chi connectivity index (χ0) is 15.3. The summed E-state index contributed by atoms with van der Waals surface area (Å²) in [5.74, 6) is 0.0187. The molecule has 0 spiro atoms. The molecule has 0 bridgehead atoms. The van der Waals surface area contributed by atoms with Gasteiger partial charge in [-0.2, -0.15) is 5.10 Å². The predicted octanol–water partition coefficient (Wildman–Crippen LogP) is -0.833. The third-order valence-electron chi connectivity index (χ3n) is 3.04. The Labute approximate surface area is 119 Å². The minimum absolute atomic E-state index is 0.0187. The first-order valence-corrected chi connectivity index (χ1v) is 7.74. The highest BCUT2D eigenvalue weighted by Crippen LogP contribution is 2.20. The number of nitrogens with one attached hydrogen (secondary N) is 1. The number of aryl methyl sites for hydroxylation is 1. The maximum Gasteiger partial charge on any atom is 0.246 e. The van der Waals surface area contributed by atoms with Gasteiger partial charge in [-0.3, -0.25) is 4.68 Å². The largest absolute Gasteiger partial charge is 0.383 e. The Balaban J connectivity index is 2.63. The highest BCUT2D eigenvalue weighted by Gasteiger charge is 2.24. The predicted molar refractivity (Wildman–Crippen MR) is 76.9 cm³/mol. The molecule has 8 nitrogen and oxygen atoms in total. The van der Waals surface area contributed by atoms with Gasteiger partial charge in [-0.15, -0.1) is 0 Å². The van der Waals surface area contributed by atoms with Crippen LogP contribution in [0.3, 0.4) is 0 Å². The van der Waals surface area contributed by atoms with Crippen LogP contribution in [-0.4, -0.2) is 63.5 Å². The summed E-state index contributed by atoms with van der Waals surface area (Å²) in [7, 11) is 1.55. The second-order valence-corrected chi connectivity index (χ2v) is 6.32. The summed E-state index contributed by atoms with van der Waals surface area (Å²) in [4.78, 5) is 2.03. The average molecular weight is 305 g/mol. The first-order chi connectivity index (χ1) is 9.29. The molecule has 0 atom stereocenters. The Morgan fingerprint density at radius 3 is 2.60 bits per heavy atom. The standard InChI is InChI=1S/C11H23N5O3S/c1-9-10(11(12)14-16(9)3)20(17,18)13-5-6-15(2)7-8-19-4/h13H,5-8H2,1-4H3,(H2,12,14). The Morgan fingerprint density at radius 1 is 1.45 bits per heavy atom. The highest BCUT2D eigenvalue weighted by atomic mass is 32.2. The highest BCUT2D eigenvalue weighted by molar-refractivity contribution is 7.89. The monoisotopic (exact) mass is 305 g/mol. The number of likely N-dealkylation sites (N-methyl/N-ethyl adjacent to an activating group) is 1. The summed E-state index contributed by atoms with van der Waals surface area (Å²) in [5, 5.41) is 3.91. The van der Waals surface area contributed by atoms with E-state index in [1.54, 1.807) is 21.1 Å². The summed E-state index contributed by atoms with van der Waals surface area (Å²) in [6.07, 6.45) is 0. The normalized spacial score (nSPS) is 12.2. The quantitative estimate of drug-likeness (QED) is 0.650. The number of anilines is 1. The SMILES string of the molecule is COCCN(C)CCNS(=O)(=O)c1c(N)nn(C)c1C. The molecule has 0 aliphatic carbocycles. The van der Waals surface area contributed by atoms with Crippen LogP contribution < -0.4 is 10.5 Å². The fraction of sp³-hybridized carbons (Fsp3) is 0.727. The van der Waals surface area contributed by atoms with Gasteiger partial charge in [0.15, 0.2) is 5.82 Å². The maximum absolute atomic E-state index is 12.2. The van der Waals surface area contributed by atoms with E-state index < -0.39 is 10.0 Å². The minimum atomic E-state index is -3.63. The van der Waals surface area contributed by atoms with E-state index in [0.717, 1.165) is 6.54 Å². The lowest BCUT2D eigenvalue weighted by Crippen LogP contribution is -2.34. The van der Waals surface area contributed by atoms with Gasteiger partial charge in [0.1, 0.15) is 4.90 Å². The molecule has 0 saturated carbocycles. The molecule has 1 aromatic heterocycles. The first-order valence-electron chi connectivity index (χ1n) is 6.25. The molecule has 0 aliphatic rings. The summed E-state index contributed by atoms with van der Waals surface area (Å²) < 4.78 is 33.3. The van der Waals surface area contributed by atoms with Gasteiger partial charge in [0.25, 0.3) is 0 Å². The van der Waals surface area contributed by atoms with E-state index in [4.69, 9.17) is 10.5 Å². The molecule has 1 heterocycles. The molecular weight excluding hydrogens is 282 g/mol. The number of nitrogens with two attached hydrogens (primary N) is 1. The van der Waals surface area contributed by atoms with Gasteiger partial charge in [0, 0.05) is 33.8 Å². The van der Waals surface area contributed by atoms with Crippen molar-refractivity contribution in [3.63, 3.8) is 0 Å². The van der Waals surface area contributed by atoms with Crippen LogP contribution in [0.2, 0.25) is 0 Å². The number of aromatic nitrogens is 2. The van der Waals surface area contributed by atoms with E-state index in [9.17, 15) is 8.42 Å². The molecule has 0 unspecified atom stereocenters. The lowest BCUT2D eigenvalue weighted by Gasteiger charge is -2.16. The number of nitrogens with zero attached hydrogens (tertiary/aromatic N) is 3. The molecule has 0 radical (unpaired) electrons. The fourth-order valence-corrected chi connectivity index (χ4v) is 3.09. The van der Waals surface area contributed by atoms with Crippen molar-refractivity contribution in [3.8, 4) is 0 Å². The zero-order valence-corrected chi connectivity index (χ0v) is 13.2. The van der Waals surface area contributed by atoms with Crippen molar-refractivity contribution in [1.29, 1.82) is 0 Å². The van der Waals surface area contributed by atoms with Crippen LogP contribution >= 0.6 is 0 Å². The topological polar surface area (TPSA) is 102 Å². The summed E-state index contributed by atoms with van der Waals surface area (Å²) in [5.41, 5.74) is 6.16. The van der Waals surface area contributed by atoms with Gasteiger partial charge in [0.05, 0.1) is 12.3 Å². The Hall–Kier alpha value is -1.16. The van der Waals surface area contributed by atoms with E-state index in [-0.39, 0.29) is 10.7 Å². The summed E-state index contributed by atoms with van der Waals surface area (Å²) >= 11 is 0. The second-order valence-electron chi connectivity index (χ2n) is 4.62. The number of hydrogen-bond acceptors (Lipinski definition) is 6. The molecule has 0 aliphatic heterocycles. The number of hydrogen-bond donors (Lipinski definition) is 2. The molecular formula is C11H23N5O3S. The van der Waals surface area contributed by atoms with Crippen molar-refractivity contribution in [3.05, 3.63) is 5.69 Å². The van der Waals surface area contributed by atoms with Crippen molar-refractivity contribution in [2.45, 2.75) is 11.8 Å². The van der Waals surface area contributed by atoms with E-state index in [1.165, 1.54) is 4.68 Å². The van der Waals surface area contributed by atoms with Gasteiger partial charge >= 0.3 is 0 Å². The molecule has 1 rings (SSSR count). The average Bonchev–Trinajstić information content (AvgIpc) is 2.60. The number of sulfonamides is 1. The van der Waals surface area contributed by atoms with Gasteiger partial charge in [0.2, 0.25) is 10.0 Å². The van der Waals surface area contributed by atoms with Gasteiger partial charge in [-0.25, -0.2) is 13.1 Å².